The van der Waals surface area contributed by atoms with Gasteiger partial charge in [-0.05, 0) is 49.3 Å². The van der Waals surface area contributed by atoms with Gasteiger partial charge in [-0.2, -0.15) is 13.2 Å². The maximum absolute atomic E-state index is 13.0. The van der Waals surface area contributed by atoms with E-state index >= 15 is 0 Å². The number of amides is 1. The number of nitrogens with one attached hydrogen (secondary N) is 2. The lowest BCUT2D eigenvalue weighted by atomic mass is 9.76. The van der Waals surface area contributed by atoms with Crippen LogP contribution in [0, 0.1) is 11.8 Å². The van der Waals surface area contributed by atoms with Gasteiger partial charge in [0.15, 0.2) is 0 Å². The number of halogens is 4. The average Bonchev–Trinajstić information content (AvgIpc) is 3.26. The van der Waals surface area contributed by atoms with Crippen LogP contribution in [0.1, 0.15) is 24.8 Å². The third kappa shape index (κ3) is 4.39. The fourth-order valence-electron chi connectivity index (χ4n) is 4.44. The van der Waals surface area contributed by atoms with Crippen molar-refractivity contribution in [3.8, 4) is 0 Å². The Labute approximate surface area is 183 Å². The zero-order valence-corrected chi connectivity index (χ0v) is 17.6. The Balaban J connectivity index is 1.45. The predicted molar refractivity (Wildman–Crippen MR) is 114 cm³/mol. The summed E-state index contributed by atoms with van der Waals surface area (Å²) in [6.45, 7) is 3.78. The molecule has 2 aliphatic heterocycles. The molecule has 10 heteroatoms. The predicted octanol–water partition coefficient (Wildman–Crippen LogP) is 3.24. The molecule has 4 rings (SSSR count). The molecule has 6 nitrogen and oxygen atoms in total. The second kappa shape index (κ2) is 8.35. The molecule has 1 aromatic rings. The summed E-state index contributed by atoms with van der Waals surface area (Å²) in [6, 6.07) is 2.87. The molecule has 0 unspecified atom stereocenters. The first-order valence-electron chi connectivity index (χ1n) is 10.3. The molecule has 2 heterocycles. The monoisotopic (exact) mass is 455 g/mol. The first kappa shape index (κ1) is 22.0. The van der Waals surface area contributed by atoms with Gasteiger partial charge in [0.05, 0.1) is 22.0 Å². The Morgan fingerprint density at radius 3 is 2.48 bits per heavy atom. The smallest absolute Gasteiger partial charge is 0.403 e. The molecule has 3 aliphatic rings. The van der Waals surface area contributed by atoms with Crippen molar-refractivity contribution in [2.24, 2.45) is 22.6 Å². The minimum Gasteiger partial charge on any atom is -0.403 e. The number of nitrogens with two attached hydrogens (primary N) is 1. The van der Waals surface area contributed by atoms with E-state index in [-0.39, 0.29) is 16.6 Å². The van der Waals surface area contributed by atoms with Crippen molar-refractivity contribution in [3.63, 3.8) is 0 Å². The molecule has 0 spiro atoms. The van der Waals surface area contributed by atoms with Crippen molar-refractivity contribution in [1.82, 2.24) is 10.2 Å². The Morgan fingerprint density at radius 1 is 1.29 bits per heavy atom. The minimum absolute atomic E-state index is 0.135. The standard InChI is InChI=1S/C21H25ClF3N5O/c22-17-6-15(21(23,24)25)2-3-18(17)29-19(31)20(4-1-5-20)28-10-16(7-26)30-11-13-8-27-9-14(13)12-30/h2-3,6-7,10,13-14,27H,1,4-5,8-9,11-12,26H2,(H,29,31)/t13-,14+. The molecule has 1 aromatic carbocycles. The number of carbonyl (C=O) groups excluding carboxylic acids is 1. The number of nitrogens with zero attached hydrogens (tertiary/aromatic N) is 2. The average molecular weight is 456 g/mol. The van der Waals surface area contributed by atoms with Gasteiger partial charge in [0.2, 0.25) is 0 Å². The van der Waals surface area contributed by atoms with Crippen molar-refractivity contribution >= 4 is 29.4 Å². The van der Waals surface area contributed by atoms with Gasteiger partial charge in [-0.25, -0.2) is 0 Å². The van der Waals surface area contributed by atoms with Crippen LogP contribution >= 0.6 is 11.6 Å². The van der Waals surface area contributed by atoms with Crippen LogP contribution in [0.3, 0.4) is 0 Å². The summed E-state index contributed by atoms with van der Waals surface area (Å²) in [7, 11) is 0. The topological polar surface area (TPSA) is 82.7 Å². The molecule has 168 valence electrons. The van der Waals surface area contributed by atoms with Crippen molar-refractivity contribution in [1.29, 1.82) is 0 Å². The molecule has 31 heavy (non-hydrogen) atoms. The Morgan fingerprint density at radius 2 is 1.97 bits per heavy atom. The normalized spacial score (nSPS) is 25.5. The van der Waals surface area contributed by atoms with Gasteiger partial charge in [0.25, 0.3) is 5.91 Å². The molecule has 0 aromatic heterocycles. The van der Waals surface area contributed by atoms with Crippen LogP contribution in [-0.4, -0.2) is 48.7 Å². The van der Waals surface area contributed by atoms with Crippen molar-refractivity contribution in [2.75, 3.05) is 31.5 Å². The summed E-state index contributed by atoms with van der Waals surface area (Å²) in [6.07, 6.45) is 0.616. The highest BCUT2D eigenvalue weighted by atomic mass is 35.5. The quantitative estimate of drug-likeness (QED) is 0.595. The number of anilines is 1. The third-order valence-corrected chi connectivity index (χ3v) is 6.83. The number of aliphatic imine (C=N–C) groups is 1. The molecule has 4 N–H and O–H groups in total. The van der Waals surface area contributed by atoms with E-state index in [0.717, 1.165) is 50.4 Å². The van der Waals surface area contributed by atoms with Crippen molar-refractivity contribution < 1.29 is 18.0 Å². The van der Waals surface area contributed by atoms with E-state index in [1.54, 1.807) is 6.21 Å². The van der Waals surface area contributed by atoms with Gasteiger partial charge < -0.3 is 21.3 Å². The summed E-state index contributed by atoms with van der Waals surface area (Å²) in [4.78, 5) is 19.7. The van der Waals surface area contributed by atoms with E-state index in [0.29, 0.717) is 24.7 Å². The number of carbonyl (C=O) groups is 1. The Bertz CT molecular complexity index is 901. The van der Waals surface area contributed by atoms with Crippen molar-refractivity contribution in [3.05, 3.63) is 40.7 Å². The molecule has 1 amide bonds. The highest BCUT2D eigenvalue weighted by Gasteiger charge is 2.44. The van der Waals surface area contributed by atoms with Gasteiger partial charge in [0, 0.05) is 38.6 Å². The summed E-state index contributed by atoms with van der Waals surface area (Å²) in [5.74, 6) is 0.799. The molecule has 0 radical (unpaired) electrons. The number of hydrogen-bond donors (Lipinski definition) is 3. The van der Waals surface area contributed by atoms with E-state index in [1.807, 2.05) is 0 Å². The van der Waals surface area contributed by atoms with Crippen LogP contribution in [0.4, 0.5) is 18.9 Å². The highest BCUT2D eigenvalue weighted by molar-refractivity contribution is 6.33. The number of allylic oxidation sites excluding steroid dienone is 1. The summed E-state index contributed by atoms with van der Waals surface area (Å²) < 4.78 is 38.5. The maximum atomic E-state index is 13.0. The van der Waals surface area contributed by atoms with Crippen LogP contribution in [-0.2, 0) is 11.0 Å². The van der Waals surface area contributed by atoms with Gasteiger partial charge in [-0.3, -0.25) is 9.79 Å². The van der Waals surface area contributed by atoms with E-state index in [1.165, 1.54) is 12.3 Å². The highest BCUT2D eigenvalue weighted by Crippen LogP contribution is 2.39. The molecule has 1 aliphatic carbocycles. The van der Waals surface area contributed by atoms with E-state index in [9.17, 15) is 18.0 Å². The zero-order chi connectivity index (χ0) is 22.2. The Hall–Kier alpha value is -2.26. The summed E-state index contributed by atoms with van der Waals surface area (Å²) >= 11 is 5.98. The molecular formula is C21H25ClF3N5O. The first-order valence-corrected chi connectivity index (χ1v) is 10.7. The second-order valence-electron chi connectivity index (χ2n) is 8.46. The van der Waals surface area contributed by atoms with E-state index in [2.05, 4.69) is 20.5 Å². The van der Waals surface area contributed by atoms with Gasteiger partial charge >= 0.3 is 6.18 Å². The summed E-state index contributed by atoms with van der Waals surface area (Å²) in [5, 5.41) is 5.88. The maximum Gasteiger partial charge on any atom is 0.416 e. The van der Waals surface area contributed by atoms with Gasteiger partial charge in [0.1, 0.15) is 5.54 Å². The van der Waals surface area contributed by atoms with Gasteiger partial charge in [-0.1, -0.05) is 11.6 Å². The number of benzene rings is 1. The number of alkyl halides is 3. The third-order valence-electron chi connectivity index (χ3n) is 6.52. The van der Waals surface area contributed by atoms with Crippen LogP contribution in [0.5, 0.6) is 0 Å². The first-order chi connectivity index (χ1) is 14.7. The van der Waals surface area contributed by atoms with Crippen molar-refractivity contribution in [2.45, 2.75) is 31.0 Å². The lowest BCUT2D eigenvalue weighted by Gasteiger charge is -2.36. The van der Waals surface area contributed by atoms with Crippen LogP contribution in [0.15, 0.2) is 35.1 Å². The minimum atomic E-state index is -4.50. The fraction of sp³-hybridized carbons (Fsp3) is 0.524. The van der Waals surface area contributed by atoms with Crippen LogP contribution in [0.2, 0.25) is 5.02 Å². The SMILES string of the molecule is NC=C(C=NC1(C(=O)Nc2ccc(C(F)(F)F)cc2Cl)CCC1)N1C[C@H]2CNC[C@H]2C1. The van der Waals surface area contributed by atoms with E-state index in [4.69, 9.17) is 17.3 Å². The Kier molecular flexibility index (Phi) is 5.91. The number of fused-ring (bicyclic) bond motifs is 1. The molecule has 2 saturated heterocycles. The van der Waals surface area contributed by atoms with Gasteiger partial charge in [-0.15, -0.1) is 0 Å². The number of likely N-dealkylation sites (tertiary alicyclic amines) is 1. The molecule has 0 bridgehead atoms. The largest absolute Gasteiger partial charge is 0.416 e. The number of rotatable bonds is 5. The lowest BCUT2D eigenvalue weighted by molar-refractivity contribution is -0.137. The van der Waals surface area contributed by atoms with E-state index < -0.39 is 17.3 Å². The number of hydrogen-bond acceptors (Lipinski definition) is 5. The molecule has 1 saturated carbocycles. The second-order valence-corrected chi connectivity index (χ2v) is 8.87. The van der Waals surface area contributed by atoms with Crippen LogP contribution < -0.4 is 16.4 Å². The lowest BCUT2D eigenvalue weighted by Crippen LogP contribution is -2.47. The summed E-state index contributed by atoms with van der Waals surface area (Å²) in [5.41, 5.74) is 4.93. The zero-order valence-electron chi connectivity index (χ0n) is 16.9. The molecule has 2 atom stereocenters. The fourth-order valence-corrected chi connectivity index (χ4v) is 4.67. The molecular weight excluding hydrogens is 431 g/mol. The molecule has 3 fully saturated rings. The van der Waals surface area contributed by atoms with Crippen LogP contribution in [0.25, 0.3) is 0 Å².